The summed E-state index contributed by atoms with van der Waals surface area (Å²) in [6, 6.07) is -0.646. The number of hydrogen-bond acceptors (Lipinski definition) is 3. The van der Waals surface area contributed by atoms with Gasteiger partial charge in [0.25, 0.3) is 0 Å². The van der Waals surface area contributed by atoms with E-state index in [0.717, 1.165) is 11.8 Å². The number of likely N-dealkylation sites (tertiary alicyclic amines) is 1. The lowest BCUT2D eigenvalue weighted by Crippen LogP contribution is -2.39. The van der Waals surface area contributed by atoms with Crippen LogP contribution < -0.4 is 0 Å². The fourth-order valence-corrected chi connectivity index (χ4v) is 2.34. The molecular weight excluding hydrogens is 217 g/mol. The molecule has 0 aromatic carbocycles. The van der Waals surface area contributed by atoms with Crippen molar-refractivity contribution in [1.29, 1.82) is 0 Å². The molecule has 3 nitrogen and oxygen atoms in total. The molecule has 0 saturated carbocycles. The quantitative estimate of drug-likeness (QED) is 0.746. The van der Waals surface area contributed by atoms with Gasteiger partial charge in [-0.3, -0.25) is 9.59 Å². The van der Waals surface area contributed by atoms with Crippen molar-refractivity contribution < 1.29 is 14.0 Å². The number of halogens is 1. The average Bonchev–Trinajstić information content (AvgIpc) is 2.28. The lowest BCUT2D eigenvalue weighted by Gasteiger charge is -2.30. The standard InChI is InChI=1S/C10H16FNO2S/c1-2-9(13)12-5-3-8(4-6-12)10(14)15-7-11/h8H,2-7H2,1H3. The summed E-state index contributed by atoms with van der Waals surface area (Å²) in [6.07, 6.45) is 1.87. The van der Waals surface area contributed by atoms with Crippen LogP contribution in [0.4, 0.5) is 4.39 Å². The van der Waals surface area contributed by atoms with Crippen molar-refractivity contribution in [3.8, 4) is 0 Å². The maximum Gasteiger partial charge on any atom is 0.222 e. The number of alkyl halides is 1. The Labute approximate surface area is 93.4 Å². The van der Waals surface area contributed by atoms with Gasteiger partial charge in [0, 0.05) is 25.4 Å². The minimum atomic E-state index is -0.646. The number of amides is 1. The van der Waals surface area contributed by atoms with Crippen LogP contribution in [0, 0.1) is 5.92 Å². The molecule has 1 fully saturated rings. The highest BCUT2D eigenvalue weighted by Gasteiger charge is 2.26. The number of carbonyl (C=O) groups is 2. The monoisotopic (exact) mass is 233 g/mol. The average molecular weight is 233 g/mol. The Bertz CT molecular complexity index is 240. The molecular formula is C10H16FNO2S. The van der Waals surface area contributed by atoms with Crippen LogP contribution in [-0.2, 0) is 9.59 Å². The summed E-state index contributed by atoms with van der Waals surface area (Å²) in [5.74, 6) is 0.0747. The normalized spacial score (nSPS) is 17.9. The molecule has 1 heterocycles. The number of carbonyl (C=O) groups excluding carboxylic acids is 2. The molecule has 1 aliphatic rings. The van der Waals surface area contributed by atoms with Crippen molar-refractivity contribution in [2.75, 3.05) is 19.1 Å². The van der Waals surface area contributed by atoms with E-state index in [1.54, 1.807) is 4.90 Å². The number of hydrogen-bond donors (Lipinski definition) is 0. The first kappa shape index (κ1) is 12.5. The maximum atomic E-state index is 11.9. The van der Waals surface area contributed by atoms with Crippen LogP contribution >= 0.6 is 11.8 Å². The molecule has 1 rings (SSSR count). The molecule has 0 atom stereocenters. The minimum Gasteiger partial charge on any atom is -0.343 e. The van der Waals surface area contributed by atoms with Crippen molar-refractivity contribution >= 4 is 22.8 Å². The fourth-order valence-electron chi connectivity index (χ4n) is 1.76. The van der Waals surface area contributed by atoms with Crippen LogP contribution in [0.3, 0.4) is 0 Å². The molecule has 1 amide bonds. The van der Waals surface area contributed by atoms with E-state index in [-0.39, 0.29) is 16.9 Å². The molecule has 0 spiro atoms. The molecule has 0 aromatic rings. The van der Waals surface area contributed by atoms with Crippen molar-refractivity contribution in [3.05, 3.63) is 0 Å². The largest absolute Gasteiger partial charge is 0.343 e. The van der Waals surface area contributed by atoms with Crippen LogP contribution in [0.15, 0.2) is 0 Å². The third-order valence-electron chi connectivity index (χ3n) is 2.68. The van der Waals surface area contributed by atoms with Crippen molar-refractivity contribution in [1.82, 2.24) is 4.90 Å². The second-order valence-electron chi connectivity index (χ2n) is 3.58. The van der Waals surface area contributed by atoms with E-state index in [4.69, 9.17) is 0 Å². The van der Waals surface area contributed by atoms with E-state index in [1.165, 1.54) is 0 Å². The molecule has 15 heavy (non-hydrogen) atoms. The van der Waals surface area contributed by atoms with Crippen LogP contribution in [0.25, 0.3) is 0 Å². The summed E-state index contributed by atoms with van der Waals surface area (Å²) in [6.45, 7) is 3.10. The molecule has 86 valence electrons. The highest BCUT2D eigenvalue weighted by molar-refractivity contribution is 8.13. The Morgan fingerprint density at radius 2 is 2.00 bits per heavy atom. The highest BCUT2D eigenvalue weighted by Crippen LogP contribution is 2.23. The first-order valence-electron chi connectivity index (χ1n) is 5.19. The Kier molecular flexibility index (Phi) is 5.08. The summed E-state index contributed by atoms with van der Waals surface area (Å²) in [7, 11) is 0. The van der Waals surface area contributed by atoms with Crippen molar-refractivity contribution in [3.63, 3.8) is 0 Å². The predicted octanol–water partition coefficient (Wildman–Crippen LogP) is 1.82. The Morgan fingerprint density at radius 1 is 1.40 bits per heavy atom. The van der Waals surface area contributed by atoms with Crippen molar-refractivity contribution in [2.45, 2.75) is 26.2 Å². The first-order chi connectivity index (χ1) is 7.19. The van der Waals surface area contributed by atoms with Crippen LogP contribution in [-0.4, -0.2) is 35.0 Å². The second kappa shape index (κ2) is 6.10. The van der Waals surface area contributed by atoms with Gasteiger partial charge in [-0.05, 0) is 12.8 Å². The lowest BCUT2D eigenvalue weighted by atomic mass is 9.98. The van der Waals surface area contributed by atoms with E-state index in [0.29, 0.717) is 32.4 Å². The van der Waals surface area contributed by atoms with E-state index in [1.807, 2.05) is 6.92 Å². The number of nitrogens with zero attached hydrogens (tertiary/aromatic N) is 1. The number of thioether (sulfide) groups is 1. The zero-order chi connectivity index (χ0) is 11.3. The summed E-state index contributed by atoms with van der Waals surface area (Å²) in [5.41, 5.74) is 0. The molecule has 0 bridgehead atoms. The van der Waals surface area contributed by atoms with Gasteiger partial charge in [0.15, 0.2) is 5.12 Å². The van der Waals surface area contributed by atoms with Gasteiger partial charge in [-0.1, -0.05) is 18.7 Å². The lowest BCUT2D eigenvalue weighted by molar-refractivity contribution is -0.133. The molecule has 0 radical (unpaired) electrons. The van der Waals surface area contributed by atoms with Gasteiger partial charge in [-0.2, -0.15) is 0 Å². The topological polar surface area (TPSA) is 37.4 Å². The Hall–Kier alpha value is -0.580. The molecule has 0 aromatic heterocycles. The van der Waals surface area contributed by atoms with Gasteiger partial charge in [-0.25, -0.2) is 4.39 Å². The summed E-state index contributed by atoms with van der Waals surface area (Å²) in [4.78, 5) is 24.5. The van der Waals surface area contributed by atoms with Crippen LogP contribution in [0.5, 0.6) is 0 Å². The summed E-state index contributed by atoms with van der Waals surface area (Å²) >= 11 is 0.744. The van der Waals surface area contributed by atoms with Crippen LogP contribution in [0.1, 0.15) is 26.2 Å². The third kappa shape index (κ3) is 3.48. The molecule has 0 N–H and O–H groups in total. The fraction of sp³-hybridized carbons (Fsp3) is 0.800. The van der Waals surface area contributed by atoms with E-state index >= 15 is 0 Å². The molecule has 0 aliphatic carbocycles. The maximum absolute atomic E-state index is 11.9. The molecule has 5 heteroatoms. The Morgan fingerprint density at radius 3 is 2.47 bits per heavy atom. The van der Waals surface area contributed by atoms with Gasteiger partial charge in [0.1, 0.15) is 6.01 Å². The van der Waals surface area contributed by atoms with Gasteiger partial charge in [0.05, 0.1) is 0 Å². The van der Waals surface area contributed by atoms with Gasteiger partial charge >= 0.3 is 0 Å². The summed E-state index contributed by atoms with van der Waals surface area (Å²) < 4.78 is 11.9. The SMILES string of the molecule is CCC(=O)N1CCC(C(=O)SCF)CC1. The molecule has 1 aliphatic heterocycles. The number of piperidine rings is 1. The zero-order valence-corrected chi connectivity index (χ0v) is 9.69. The van der Waals surface area contributed by atoms with Gasteiger partial charge < -0.3 is 4.90 Å². The van der Waals surface area contributed by atoms with Gasteiger partial charge in [0.2, 0.25) is 5.91 Å². The number of rotatable bonds is 3. The van der Waals surface area contributed by atoms with Crippen molar-refractivity contribution in [2.24, 2.45) is 5.92 Å². The van der Waals surface area contributed by atoms with Crippen LogP contribution in [0.2, 0.25) is 0 Å². The third-order valence-corrected chi connectivity index (χ3v) is 3.41. The van der Waals surface area contributed by atoms with E-state index in [2.05, 4.69) is 0 Å². The predicted molar refractivity (Wildman–Crippen MR) is 58.2 cm³/mol. The van der Waals surface area contributed by atoms with E-state index in [9.17, 15) is 14.0 Å². The molecule has 1 saturated heterocycles. The zero-order valence-electron chi connectivity index (χ0n) is 8.87. The second-order valence-corrected chi connectivity index (χ2v) is 4.49. The molecule has 0 unspecified atom stereocenters. The van der Waals surface area contributed by atoms with Gasteiger partial charge in [-0.15, -0.1) is 0 Å². The Balaban J connectivity index is 2.35. The first-order valence-corrected chi connectivity index (χ1v) is 6.18. The summed E-state index contributed by atoms with van der Waals surface area (Å²) in [5, 5.41) is -0.0684. The smallest absolute Gasteiger partial charge is 0.222 e. The highest BCUT2D eigenvalue weighted by atomic mass is 32.2. The minimum absolute atomic E-state index is 0.0633. The van der Waals surface area contributed by atoms with E-state index < -0.39 is 6.01 Å².